The molecule has 0 saturated carbocycles. The van der Waals surface area contributed by atoms with Crippen molar-refractivity contribution < 1.29 is 9.90 Å². The number of imidazole rings is 1. The van der Waals surface area contributed by atoms with Crippen molar-refractivity contribution in [1.82, 2.24) is 15.3 Å². The molecular weight excluding hydrogens is 262 g/mol. The van der Waals surface area contributed by atoms with Gasteiger partial charge in [0.1, 0.15) is 12.4 Å². The maximum absolute atomic E-state index is 11.9. The lowest BCUT2D eigenvalue weighted by molar-refractivity contribution is 0.0954. The molecule has 0 bridgehead atoms. The number of carbonyl (C=O) groups is 1. The van der Waals surface area contributed by atoms with E-state index in [9.17, 15) is 4.79 Å². The molecule has 0 unspecified atom stereocenters. The number of hydrogen-bond donors (Lipinski definition) is 3. The molecular formula is C13H13N3O2S. The summed E-state index contributed by atoms with van der Waals surface area (Å²) in [6, 6.07) is 1.80. The van der Waals surface area contributed by atoms with Crippen LogP contribution in [0.25, 0.3) is 0 Å². The summed E-state index contributed by atoms with van der Waals surface area (Å²) in [7, 11) is 0. The quantitative estimate of drug-likeness (QED) is 0.733. The van der Waals surface area contributed by atoms with Crippen LogP contribution in [0.15, 0.2) is 18.5 Å². The summed E-state index contributed by atoms with van der Waals surface area (Å²) in [5, 5.41) is 11.4. The molecule has 2 rings (SSSR count). The van der Waals surface area contributed by atoms with Crippen LogP contribution in [0.2, 0.25) is 0 Å². The van der Waals surface area contributed by atoms with Crippen LogP contribution < -0.4 is 5.32 Å². The van der Waals surface area contributed by atoms with E-state index in [1.54, 1.807) is 18.5 Å². The van der Waals surface area contributed by atoms with Crippen LogP contribution in [0.1, 0.15) is 25.9 Å². The first-order chi connectivity index (χ1) is 9.20. The molecule has 5 nitrogen and oxygen atoms in total. The molecule has 2 aromatic rings. The van der Waals surface area contributed by atoms with Gasteiger partial charge in [0.05, 0.1) is 16.3 Å². The number of aliphatic hydroxyl groups excluding tert-OH is 1. The molecule has 0 atom stereocenters. The van der Waals surface area contributed by atoms with Crippen molar-refractivity contribution in [3.8, 4) is 11.8 Å². The van der Waals surface area contributed by atoms with E-state index in [0.29, 0.717) is 17.2 Å². The summed E-state index contributed by atoms with van der Waals surface area (Å²) < 4.78 is 0. The van der Waals surface area contributed by atoms with Gasteiger partial charge in [-0.3, -0.25) is 4.79 Å². The number of amides is 1. The van der Waals surface area contributed by atoms with E-state index in [2.05, 4.69) is 27.1 Å². The Hall–Kier alpha value is -2.10. The van der Waals surface area contributed by atoms with Crippen molar-refractivity contribution in [2.45, 2.75) is 13.5 Å². The summed E-state index contributed by atoms with van der Waals surface area (Å²) >= 11 is 1.32. The standard InChI is InChI=1S/C13H13N3O2S/c1-9-7-11(19-10(9)3-2-6-17)13(18)16-8-12-14-4-5-15-12/h4-5,7,17H,6,8H2,1H3,(H,14,15)(H,16,18). The van der Waals surface area contributed by atoms with E-state index in [1.165, 1.54) is 11.3 Å². The Morgan fingerprint density at radius 1 is 1.63 bits per heavy atom. The monoisotopic (exact) mass is 275 g/mol. The van der Waals surface area contributed by atoms with Gasteiger partial charge in [0, 0.05) is 12.4 Å². The van der Waals surface area contributed by atoms with E-state index >= 15 is 0 Å². The summed E-state index contributed by atoms with van der Waals surface area (Å²) in [6.45, 7) is 2.07. The first-order valence-electron chi connectivity index (χ1n) is 5.67. The van der Waals surface area contributed by atoms with Crippen molar-refractivity contribution >= 4 is 17.2 Å². The molecule has 0 fully saturated rings. The lowest BCUT2D eigenvalue weighted by atomic mass is 10.2. The Morgan fingerprint density at radius 2 is 2.47 bits per heavy atom. The molecule has 6 heteroatoms. The van der Waals surface area contributed by atoms with Gasteiger partial charge in [0.2, 0.25) is 0 Å². The van der Waals surface area contributed by atoms with Crippen LogP contribution >= 0.6 is 11.3 Å². The lowest BCUT2D eigenvalue weighted by Gasteiger charge is -1.99. The maximum Gasteiger partial charge on any atom is 0.261 e. The maximum atomic E-state index is 11.9. The number of rotatable bonds is 3. The largest absolute Gasteiger partial charge is 0.384 e. The number of aromatic nitrogens is 2. The summed E-state index contributed by atoms with van der Waals surface area (Å²) in [5.41, 5.74) is 0.939. The van der Waals surface area contributed by atoms with Gasteiger partial charge in [-0.25, -0.2) is 4.98 Å². The van der Waals surface area contributed by atoms with Gasteiger partial charge in [-0.1, -0.05) is 11.8 Å². The zero-order chi connectivity index (χ0) is 13.7. The van der Waals surface area contributed by atoms with E-state index in [4.69, 9.17) is 5.11 Å². The van der Waals surface area contributed by atoms with E-state index < -0.39 is 0 Å². The Bertz CT molecular complexity index is 620. The van der Waals surface area contributed by atoms with E-state index in [1.807, 2.05) is 6.92 Å². The van der Waals surface area contributed by atoms with Crippen molar-refractivity contribution in [3.63, 3.8) is 0 Å². The first kappa shape index (κ1) is 13.3. The third kappa shape index (κ3) is 3.44. The van der Waals surface area contributed by atoms with Gasteiger partial charge < -0.3 is 15.4 Å². The molecule has 1 amide bonds. The first-order valence-corrected chi connectivity index (χ1v) is 6.49. The minimum Gasteiger partial charge on any atom is -0.384 e. The van der Waals surface area contributed by atoms with Crippen molar-refractivity contribution in [1.29, 1.82) is 0 Å². The molecule has 98 valence electrons. The molecule has 0 saturated heterocycles. The van der Waals surface area contributed by atoms with Gasteiger partial charge in [-0.2, -0.15) is 0 Å². The Kier molecular flexibility index (Phi) is 4.34. The number of aryl methyl sites for hydroxylation is 1. The second-order valence-corrected chi connectivity index (χ2v) is 4.85. The topological polar surface area (TPSA) is 78.0 Å². The Morgan fingerprint density at radius 3 is 3.16 bits per heavy atom. The molecule has 19 heavy (non-hydrogen) atoms. The number of H-pyrrole nitrogens is 1. The van der Waals surface area contributed by atoms with Crippen LogP contribution in [-0.4, -0.2) is 27.6 Å². The molecule has 0 spiro atoms. The second-order valence-electron chi connectivity index (χ2n) is 3.80. The highest BCUT2D eigenvalue weighted by molar-refractivity contribution is 7.14. The lowest BCUT2D eigenvalue weighted by Crippen LogP contribution is -2.22. The minimum absolute atomic E-state index is 0.151. The third-order valence-electron chi connectivity index (χ3n) is 2.39. The van der Waals surface area contributed by atoms with Crippen LogP contribution in [0.3, 0.4) is 0 Å². The summed E-state index contributed by atoms with van der Waals surface area (Å²) in [4.78, 5) is 20.3. The van der Waals surface area contributed by atoms with Gasteiger partial charge in [0.25, 0.3) is 5.91 Å². The van der Waals surface area contributed by atoms with Crippen LogP contribution in [0.5, 0.6) is 0 Å². The molecule has 0 aliphatic rings. The van der Waals surface area contributed by atoms with E-state index in [0.717, 1.165) is 10.4 Å². The highest BCUT2D eigenvalue weighted by atomic mass is 32.1. The van der Waals surface area contributed by atoms with Gasteiger partial charge in [0.15, 0.2) is 0 Å². The highest BCUT2D eigenvalue weighted by Gasteiger charge is 2.11. The smallest absolute Gasteiger partial charge is 0.261 e. The average Bonchev–Trinajstić information content (AvgIpc) is 3.03. The molecule has 0 radical (unpaired) electrons. The fourth-order valence-electron chi connectivity index (χ4n) is 1.48. The average molecular weight is 275 g/mol. The number of nitrogens with zero attached hydrogens (tertiary/aromatic N) is 1. The predicted molar refractivity (Wildman–Crippen MR) is 72.8 cm³/mol. The normalized spacial score (nSPS) is 9.79. The molecule has 0 aliphatic heterocycles. The molecule has 2 heterocycles. The number of nitrogens with one attached hydrogen (secondary N) is 2. The number of carbonyl (C=O) groups excluding carboxylic acids is 1. The predicted octanol–water partition coefficient (Wildman–Crippen LogP) is 1.05. The van der Waals surface area contributed by atoms with Crippen molar-refractivity contribution in [3.05, 3.63) is 39.6 Å². The zero-order valence-corrected chi connectivity index (χ0v) is 11.2. The number of hydrogen-bond acceptors (Lipinski definition) is 4. The SMILES string of the molecule is Cc1cc(C(=O)NCc2ncc[nH]2)sc1C#CCO. The Labute approximate surface area is 114 Å². The van der Waals surface area contributed by atoms with Crippen molar-refractivity contribution in [2.75, 3.05) is 6.61 Å². The van der Waals surface area contributed by atoms with Gasteiger partial charge >= 0.3 is 0 Å². The van der Waals surface area contributed by atoms with Gasteiger partial charge in [-0.15, -0.1) is 11.3 Å². The second kappa shape index (κ2) is 6.18. The molecule has 2 aromatic heterocycles. The van der Waals surface area contributed by atoms with Crippen LogP contribution in [0.4, 0.5) is 0 Å². The Balaban J connectivity index is 2.03. The van der Waals surface area contributed by atoms with Crippen molar-refractivity contribution in [2.24, 2.45) is 0 Å². The number of aliphatic hydroxyl groups is 1. The van der Waals surface area contributed by atoms with Crippen LogP contribution in [0, 0.1) is 18.8 Å². The number of aromatic amines is 1. The highest BCUT2D eigenvalue weighted by Crippen LogP contribution is 2.20. The minimum atomic E-state index is -0.183. The van der Waals surface area contributed by atoms with Gasteiger partial charge in [-0.05, 0) is 18.6 Å². The molecule has 3 N–H and O–H groups in total. The fourth-order valence-corrected chi connectivity index (χ4v) is 2.45. The third-order valence-corrected chi connectivity index (χ3v) is 3.55. The van der Waals surface area contributed by atoms with Crippen LogP contribution in [-0.2, 0) is 6.54 Å². The fraction of sp³-hybridized carbons (Fsp3) is 0.231. The van der Waals surface area contributed by atoms with E-state index in [-0.39, 0.29) is 12.5 Å². The number of thiophene rings is 1. The molecule has 0 aliphatic carbocycles. The summed E-state index contributed by atoms with van der Waals surface area (Å²) in [6.07, 6.45) is 3.35. The molecule has 0 aromatic carbocycles. The summed E-state index contributed by atoms with van der Waals surface area (Å²) in [5.74, 6) is 5.97. The zero-order valence-electron chi connectivity index (χ0n) is 10.4.